The van der Waals surface area contributed by atoms with Crippen LogP contribution in [0.2, 0.25) is 0 Å². The van der Waals surface area contributed by atoms with Crippen LogP contribution < -0.4 is 0 Å². The maximum atomic E-state index is 13.3. The van der Waals surface area contributed by atoms with Crippen LogP contribution in [-0.4, -0.2) is 54.8 Å². The van der Waals surface area contributed by atoms with Crippen LogP contribution in [0, 0.1) is 16.7 Å². The summed E-state index contributed by atoms with van der Waals surface area (Å²) in [5, 5.41) is 9.05. The van der Waals surface area contributed by atoms with Crippen LogP contribution in [0.4, 0.5) is 0 Å². The van der Waals surface area contributed by atoms with Gasteiger partial charge in [-0.05, 0) is 55.5 Å². The highest BCUT2D eigenvalue weighted by atomic mass is 32.2. The van der Waals surface area contributed by atoms with Gasteiger partial charge in [0.15, 0.2) is 5.03 Å². The van der Waals surface area contributed by atoms with E-state index in [0.29, 0.717) is 29.8 Å². The molecule has 0 spiro atoms. The first-order chi connectivity index (χ1) is 14.3. The van der Waals surface area contributed by atoms with E-state index in [1.807, 2.05) is 0 Å². The molecule has 0 radical (unpaired) electrons. The van der Waals surface area contributed by atoms with Crippen molar-refractivity contribution in [3.8, 4) is 17.3 Å². The first-order valence-electron chi connectivity index (χ1n) is 10.5. The molecule has 0 aliphatic carbocycles. The number of sulfonamides is 1. The summed E-state index contributed by atoms with van der Waals surface area (Å²) in [6.07, 6.45) is 3.26. The Hall–Kier alpha value is -2.27. The van der Waals surface area contributed by atoms with Crippen molar-refractivity contribution in [1.29, 1.82) is 5.26 Å². The van der Waals surface area contributed by atoms with E-state index in [0.717, 1.165) is 25.1 Å². The second kappa shape index (κ2) is 8.10. The van der Waals surface area contributed by atoms with Crippen LogP contribution in [0.15, 0.2) is 47.5 Å². The molecule has 1 aromatic heterocycles. The first-order valence-corrected chi connectivity index (χ1v) is 11.9. The van der Waals surface area contributed by atoms with E-state index < -0.39 is 10.0 Å². The smallest absolute Gasteiger partial charge is 0.260 e. The van der Waals surface area contributed by atoms with Crippen molar-refractivity contribution in [3.05, 3.63) is 48.0 Å². The van der Waals surface area contributed by atoms with Gasteiger partial charge in [0, 0.05) is 31.2 Å². The quantitative estimate of drug-likeness (QED) is 0.751. The molecule has 30 heavy (non-hydrogen) atoms. The van der Waals surface area contributed by atoms with Crippen LogP contribution in [0.25, 0.3) is 11.3 Å². The fourth-order valence-electron chi connectivity index (χ4n) is 4.57. The van der Waals surface area contributed by atoms with E-state index in [4.69, 9.17) is 5.26 Å². The van der Waals surface area contributed by atoms with Crippen molar-refractivity contribution in [3.63, 3.8) is 0 Å². The van der Waals surface area contributed by atoms with Gasteiger partial charge < -0.3 is 0 Å². The van der Waals surface area contributed by atoms with Gasteiger partial charge in [-0.1, -0.05) is 32.0 Å². The van der Waals surface area contributed by atoms with E-state index in [1.54, 1.807) is 46.8 Å². The van der Waals surface area contributed by atoms with Gasteiger partial charge >= 0.3 is 0 Å². The Bertz CT molecular complexity index is 1060. The highest BCUT2D eigenvalue weighted by Gasteiger charge is 2.38. The number of aromatic nitrogens is 1. The number of piperidine rings is 1. The highest BCUT2D eigenvalue weighted by Crippen LogP contribution is 2.32. The summed E-state index contributed by atoms with van der Waals surface area (Å²) < 4.78 is 28.1. The molecule has 0 bridgehead atoms. The molecule has 0 amide bonds. The second-order valence-electron chi connectivity index (χ2n) is 9.09. The van der Waals surface area contributed by atoms with Gasteiger partial charge in [0.2, 0.25) is 0 Å². The summed E-state index contributed by atoms with van der Waals surface area (Å²) in [5.41, 5.74) is 2.24. The molecule has 1 atom stereocenters. The molecule has 0 saturated carbocycles. The minimum Gasteiger partial charge on any atom is -0.298 e. The molecule has 2 aliphatic heterocycles. The van der Waals surface area contributed by atoms with Gasteiger partial charge in [-0.3, -0.25) is 4.90 Å². The topological polar surface area (TPSA) is 77.3 Å². The van der Waals surface area contributed by atoms with Crippen LogP contribution >= 0.6 is 0 Å². The molecular formula is C23H28N4O2S. The largest absolute Gasteiger partial charge is 0.298 e. The Morgan fingerprint density at radius 2 is 1.90 bits per heavy atom. The number of nitrogens with zero attached hydrogens (tertiary/aromatic N) is 4. The molecule has 2 saturated heterocycles. The minimum absolute atomic E-state index is 0.0870. The summed E-state index contributed by atoms with van der Waals surface area (Å²) in [7, 11) is -3.64. The lowest BCUT2D eigenvalue weighted by Gasteiger charge is -2.41. The maximum Gasteiger partial charge on any atom is 0.260 e. The number of nitriles is 1. The lowest BCUT2D eigenvalue weighted by Crippen LogP contribution is -2.47. The van der Waals surface area contributed by atoms with Gasteiger partial charge in [0.1, 0.15) is 0 Å². The third-order valence-electron chi connectivity index (χ3n) is 6.21. The van der Waals surface area contributed by atoms with E-state index in [2.05, 4.69) is 29.8 Å². The number of hydrogen-bond donors (Lipinski definition) is 0. The van der Waals surface area contributed by atoms with Crippen LogP contribution in [0.1, 0.15) is 38.7 Å². The standard InChI is InChI=1S/C23H28N4O2S/c1-23(2)12-4-13-26(17-23)20-11-14-27(16-20)30(28,29)22-6-3-5-21(25-22)19-9-7-18(15-24)8-10-19/h3,5-10,20H,4,11-14,16-17H2,1-2H3. The predicted molar refractivity (Wildman–Crippen MR) is 116 cm³/mol. The molecule has 1 aromatic carbocycles. The van der Waals surface area contributed by atoms with Gasteiger partial charge in [0.05, 0.1) is 17.3 Å². The van der Waals surface area contributed by atoms with Crippen LogP contribution in [0.3, 0.4) is 0 Å². The minimum atomic E-state index is -3.64. The SMILES string of the molecule is CC1(C)CCCN(C2CCN(S(=O)(=O)c3cccc(-c4ccc(C#N)cc4)n3)C2)C1. The molecule has 4 rings (SSSR count). The van der Waals surface area contributed by atoms with Crippen molar-refractivity contribution < 1.29 is 8.42 Å². The lowest BCUT2D eigenvalue weighted by molar-refractivity contribution is 0.0831. The molecule has 6 nitrogen and oxygen atoms in total. The molecular weight excluding hydrogens is 396 g/mol. The third kappa shape index (κ3) is 4.27. The second-order valence-corrected chi connectivity index (χ2v) is 11.0. The lowest BCUT2D eigenvalue weighted by atomic mass is 9.83. The van der Waals surface area contributed by atoms with Crippen molar-refractivity contribution in [1.82, 2.24) is 14.2 Å². The van der Waals surface area contributed by atoms with E-state index in [9.17, 15) is 8.42 Å². The van der Waals surface area contributed by atoms with Crippen molar-refractivity contribution in [2.75, 3.05) is 26.2 Å². The third-order valence-corrected chi connectivity index (χ3v) is 7.98. The summed E-state index contributed by atoms with van der Waals surface area (Å²) in [4.78, 5) is 6.92. The number of likely N-dealkylation sites (tertiary alicyclic amines) is 1. The summed E-state index contributed by atoms with van der Waals surface area (Å²) in [6, 6.07) is 14.5. The number of benzene rings is 1. The Morgan fingerprint density at radius 3 is 2.60 bits per heavy atom. The average Bonchev–Trinajstić information content (AvgIpc) is 3.24. The molecule has 3 heterocycles. The molecule has 7 heteroatoms. The van der Waals surface area contributed by atoms with Gasteiger partial charge in [-0.15, -0.1) is 0 Å². The zero-order valence-corrected chi connectivity index (χ0v) is 18.4. The predicted octanol–water partition coefficient (Wildman–Crippen LogP) is 3.51. The Balaban J connectivity index is 1.52. The molecule has 158 valence electrons. The monoisotopic (exact) mass is 424 g/mol. The van der Waals surface area contributed by atoms with Crippen molar-refractivity contribution >= 4 is 10.0 Å². The van der Waals surface area contributed by atoms with Crippen molar-refractivity contribution in [2.24, 2.45) is 5.41 Å². The summed E-state index contributed by atoms with van der Waals surface area (Å²) in [5.74, 6) is 0. The van der Waals surface area contributed by atoms with Gasteiger partial charge in [-0.25, -0.2) is 13.4 Å². The number of pyridine rings is 1. The average molecular weight is 425 g/mol. The normalized spacial score (nSPS) is 22.6. The molecule has 2 aliphatic rings. The fraction of sp³-hybridized carbons (Fsp3) is 0.478. The van der Waals surface area contributed by atoms with Gasteiger partial charge in [0.25, 0.3) is 10.0 Å². The van der Waals surface area contributed by atoms with Crippen LogP contribution in [0.5, 0.6) is 0 Å². The fourth-order valence-corrected chi connectivity index (χ4v) is 6.02. The Labute approximate surface area is 179 Å². The maximum absolute atomic E-state index is 13.3. The zero-order valence-electron chi connectivity index (χ0n) is 17.6. The summed E-state index contributed by atoms with van der Waals surface area (Å²) >= 11 is 0. The first kappa shape index (κ1) is 21.0. The Morgan fingerprint density at radius 1 is 1.13 bits per heavy atom. The van der Waals surface area contributed by atoms with E-state index in [-0.39, 0.29) is 11.1 Å². The van der Waals surface area contributed by atoms with E-state index >= 15 is 0 Å². The molecule has 2 fully saturated rings. The summed E-state index contributed by atoms with van der Waals surface area (Å²) in [6.45, 7) is 7.72. The van der Waals surface area contributed by atoms with E-state index in [1.165, 1.54) is 12.8 Å². The zero-order chi connectivity index (χ0) is 21.4. The number of hydrogen-bond acceptors (Lipinski definition) is 5. The molecule has 2 aromatic rings. The highest BCUT2D eigenvalue weighted by molar-refractivity contribution is 7.89. The Kier molecular flexibility index (Phi) is 5.67. The van der Waals surface area contributed by atoms with Crippen LogP contribution in [-0.2, 0) is 10.0 Å². The molecule has 0 N–H and O–H groups in total. The van der Waals surface area contributed by atoms with Gasteiger partial charge in [-0.2, -0.15) is 9.57 Å². The number of rotatable bonds is 4. The van der Waals surface area contributed by atoms with Crippen molar-refractivity contribution in [2.45, 2.75) is 44.2 Å². The molecule has 1 unspecified atom stereocenters.